The molecule has 2 rings (SSSR count). The monoisotopic (exact) mass is 391 g/mol. The summed E-state index contributed by atoms with van der Waals surface area (Å²) in [5.74, 6) is -1.14. The van der Waals surface area contributed by atoms with Crippen LogP contribution in [-0.4, -0.2) is 38.8 Å². The number of carbonyl (C=O) groups is 2. The number of amides is 1. The van der Waals surface area contributed by atoms with Crippen LogP contribution in [0.1, 0.15) is 29.3 Å². The average Bonchev–Trinajstić information content (AvgIpc) is 2.60. The minimum absolute atomic E-state index is 0.0106. The van der Waals surface area contributed by atoms with Crippen LogP contribution in [0.25, 0.3) is 0 Å². The second-order valence-corrected chi connectivity index (χ2v) is 8.40. The number of aliphatic carboxylic acids is 1. The number of benzene rings is 2. The first-order valence-electron chi connectivity index (χ1n) is 8.04. The third-order valence-corrected chi connectivity index (χ3v) is 5.24. The normalized spacial score (nSPS) is 13.4. The van der Waals surface area contributed by atoms with Gasteiger partial charge < -0.3 is 15.2 Å². The minimum atomic E-state index is -3.47. The van der Waals surface area contributed by atoms with E-state index in [9.17, 15) is 23.1 Å². The van der Waals surface area contributed by atoms with Gasteiger partial charge in [0.1, 0.15) is 5.75 Å². The summed E-state index contributed by atoms with van der Waals surface area (Å²) >= 11 is 0. The quantitative estimate of drug-likeness (QED) is 0.749. The molecule has 144 valence electrons. The molecule has 0 aliphatic rings. The van der Waals surface area contributed by atoms with Gasteiger partial charge >= 0.3 is 5.97 Å². The predicted octanol–water partition coefficient (Wildman–Crippen LogP) is 2.22. The van der Waals surface area contributed by atoms with Crippen LogP contribution in [-0.2, 0) is 20.2 Å². The number of methoxy groups -OCH3 is 1. The van der Waals surface area contributed by atoms with E-state index in [-0.39, 0.29) is 16.9 Å². The van der Waals surface area contributed by atoms with Gasteiger partial charge in [0, 0.05) is 11.8 Å². The van der Waals surface area contributed by atoms with Crippen molar-refractivity contribution in [3.05, 3.63) is 59.7 Å². The number of nitrogens with one attached hydrogen (secondary N) is 1. The number of ether oxygens (including phenoxy) is 1. The lowest BCUT2D eigenvalue weighted by Crippen LogP contribution is -2.45. The Balaban J connectivity index is 2.41. The van der Waals surface area contributed by atoms with E-state index in [1.54, 1.807) is 31.2 Å². The van der Waals surface area contributed by atoms with Gasteiger partial charge in [-0.1, -0.05) is 18.2 Å². The predicted molar refractivity (Wildman–Crippen MR) is 99.6 cm³/mol. The maximum absolute atomic E-state index is 12.7. The van der Waals surface area contributed by atoms with E-state index in [0.717, 1.165) is 6.26 Å². The largest absolute Gasteiger partial charge is 0.497 e. The molecule has 0 saturated carbocycles. The minimum Gasteiger partial charge on any atom is -0.497 e. The molecule has 0 bridgehead atoms. The van der Waals surface area contributed by atoms with Crippen LogP contribution in [0, 0.1) is 0 Å². The van der Waals surface area contributed by atoms with Crippen molar-refractivity contribution in [1.82, 2.24) is 5.32 Å². The molecule has 1 amide bonds. The van der Waals surface area contributed by atoms with Gasteiger partial charge in [-0.3, -0.25) is 9.59 Å². The van der Waals surface area contributed by atoms with Gasteiger partial charge in [0.15, 0.2) is 9.84 Å². The fourth-order valence-electron chi connectivity index (χ4n) is 2.68. The lowest BCUT2D eigenvalue weighted by Gasteiger charge is -2.30. The summed E-state index contributed by atoms with van der Waals surface area (Å²) in [6.45, 7) is 1.59. The Labute approximate surface area is 157 Å². The lowest BCUT2D eigenvalue weighted by molar-refractivity contribution is -0.138. The molecule has 2 N–H and O–H groups in total. The number of carboxylic acid groups (broad SMARTS) is 1. The molecule has 0 heterocycles. The van der Waals surface area contributed by atoms with E-state index in [1.165, 1.54) is 31.4 Å². The molecule has 1 unspecified atom stereocenters. The van der Waals surface area contributed by atoms with Crippen molar-refractivity contribution in [3.63, 3.8) is 0 Å². The maximum Gasteiger partial charge on any atom is 0.306 e. The van der Waals surface area contributed by atoms with Crippen molar-refractivity contribution >= 4 is 21.7 Å². The molecule has 0 aromatic heterocycles. The van der Waals surface area contributed by atoms with Crippen molar-refractivity contribution in [1.29, 1.82) is 0 Å². The van der Waals surface area contributed by atoms with Crippen LogP contribution in [0.15, 0.2) is 53.4 Å². The van der Waals surface area contributed by atoms with Crippen LogP contribution >= 0.6 is 0 Å². The molecular formula is C19H21NO6S. The van der Waals surface area contributed by atoms with Crippen molar-refractivity contribution in [2.75, 3.05) is 13.4 Å². The van der Waals surface area contributed by atoms with E-state index < -0.39 is 27.3 Å². The molecule has 7 nitrogen and oxygen atoms in total. The standard InChI is InChI=1S/C19H21NO6S/c1-19(12-17(21)22,14-7-5-8-15(11-14)26-2)20-18(23)13-6-4-9-16(10-13)27(3,24)25/h4-11H,12H2,1-3H3,(H,20,23)(H,21,22). The smallest absolute Gasteiger partial charge is 0.306 e. The molecule has 0 aliphatic carbocycles. The van der Waals surface area contributed by atoms with Gasteiger partial charge in [-0.25, -0.2) is 8.42 Å². The zero-order valence-electron chi connectivity index (χ0n) is 15.2. The zero-order valence-corrected chi connectivity index (χ0v) is 16.0. The summed E-state index contributed by atoms with van der Waals surface area (Å²) in [5.41, 5.74) is -0.548. The van der Waals surface area contributed by atoms with Gasteiger partial charge in [0.2, 0.25) is 0 Å². The molecule has 0 saturated heterocycles. The SMILES string of the molecule is COc1cccc(C(C)(CC(=O)O)NC(=O)c2cccc(S(C)(=O)=O)c2)c1. The summed E-state index contributed by atoms with van der Waals surface area (Å²) < 4.78 is 28.6. The van der Waals surface area contributed by atoms with Crippen molar-refractivity contribution in [3.8, 4) is 5.75 Å². The Morgan fingerprint density at radius 1 is 1.15 bits per heavy atom. The Morgan fingerprint density at radius 3 is 2.41 bits per heavy atom. The third-order valence-electron chi connectivity index (χ3n) is 4.13. The first-order chi connectivity index (χ1) is 12.5. The molecule has 8 heteroatoms. The van der Waals surface area contributed by atoms with Crippen LogP contribution < -0.4 is 10.1 Å². The summed E-state index contributed by atoms with van der Waals surface area (Å²) in [6, 6.07) is 12.3. The Kier molecular flexibility index (Phi) is 5.90. The highest BCUT2D eigenvalue weighted by Gasteiger charge is 2.32. The first-order valence-corrected chi connectivity index (χ1v) is 9.93. The highest BCUT2D eigenvalue weighted by atomic mass is 32.2. The van der Waals surface area contributed by atoms with Gasteiger partial charge in [-0.2, -0.15) is 0 Å². The van der Waals surface area contributed by atoms with Crippen LogP contribution in [0.4, 0.5) is 0 Å². The second kappa shape index (κ2) is 7.79. The summed E-state index contributed by atoms with van der Waals surface area (Å²) in [6.07, 6.45) is 0.687. The van der Waals surface area contributed by atoms with Crippen LogP contribution in [0.5, 0.6) is 5.75 Å². The number of carbonyl (C=O) groups excluding carboxylic acids is 1. The average molecular weight is 391 g/mol. The van der Waals surface area contributed by atoms with E-state index >= 15 is 0 Å². The zero-order chi connectivity index (χ0) is 20.2. The molecule has 0 fully saturated rings. The Bertz CT molecular complexity index is 970. The molecule has 1 atom stereocenters. The fraction of sp³-hybridized carbons (Fsp3) is 0.263. The number of hydrogen-bond donors (Lipinski definition) is 2. The third kappa shape index (κ3) is 5.07. The van der Waals surface area contributed by atoms with Crippen molar-refractivity contribution in [2.45, 2.75) is 23.8 Å². The summed E-state index contributed by atoms with van der Waals surface area (Å²) in [7, 11) is -1.98. The van der Waals surface area contributed by atoms with Crippen LogP contribution in [0.3, 0.4) is 0 Å². The summed E-state index contributed by atoms with van der Waals surface area (Å²) in [4.78, 5) is 24.1. The number of rotatable bonds is 7. The fourth-order valence-corrected chi connectivity index (χ4v) is 3.34. The second-order valence-electron chi connectivity index (χ2n) is 6.39. The first kappa shape index (κ1) is 20.4. The van der Waals surface area contributed by atoms with Crippen LogP contribution in [0.2, 0.25) is 0 Å². The van der Waals surface area contributed by atoms with E-state index in [4.69, 9.17) is 4.74 Å². The Morgan fingerprint density at radius 2 is 1.81 bits per heavy atom. The highest BCUT2D eigenvalue weighted by Crippen LogP contribution is 2.28. The number of hydrogen-bond acceptors (Lipinski definition) is 5. The van der Waals surface area contributed by atoms with E-state index in [1.807, 2.05) is 0 Å². The summed E-state index contributed by atoms with van der Waals surface area (Å²) in [5, 5.41) is 12.0. The molecule has 0 aliphatic heterocycles. The highest BCUT2D eigenvalue weighted by molar-refractivity contribution is 7.90. The topological polar surface area (TPSA) is 110 Å². The van der Waals surface area contributed by atoms with Gasteiger partial charge in [0.25, 0.3) is 5.91 Å². The van der Waals surface area contributed by atoms with Gasteiger partial charge in [-0.05, 0) is 42.8 Å². The molecule has 0 radical (unpaired) electrons. The molecule has 27 heavy (non-hydrogen) atoms. The molecule has 2 aromatic rings. The van der Waals surface area contributed by atoms with E-state index in [2.05, 4.69) is 5.32 Å². The molecule has 2 aromatic carbocycles. The maximum atomic E-state index is 12.7. The lowest BCUT2D eigenvalue weighted by atomic mass is 9.88. The van der Waals surface area contributed by atoms with Gasteiger partial charge in [-0.15, -0.1) is 0 Å². The number of sulfone groups is 1. The van der Waals surface area contributed by atoms with Gasteiger partial charge in [0.05, 0.1) is 24.0 Å². The molecular weight excluding hydrogens is 370 g/mol. The van der Waals surface area contributed by atoms with Crippen molar-refractivity contribution < 1.29 is 27.9 Å². The Hall–Kier alpha value is -2.87. The van der Waals surface area contributed by atoms with Crippen molar-refractivity contribution in [2.24, 2.45) is 0 Å². The molecule has 0 spiro atoms. The van der Waals surface area contributed by atoms with E-state index in [0.29, 0.717) is 11.3 Å². The number of carboxylic acids is 1.